The Labute approximate surface area is 93.8 Å². The molecule has 2 rings (SSSR count). The summed E-state index contributed by atoms with van der Waals surface area (Å²) in [6.45, 7) is 1.90. The van der Waals surface area contributed by atoms with Gasteiger partial charge in [0.25, 0.3) is 0 Å². The van der Waals surface area contributed by atoms with E-state index in [1.807, 2.05) is 6.92 Å². The Hall–Kier alpha value is -1.84. The van der Waals surface area contributed by atoms with Gasteiger partial charge in [0.05, 0.1) is 11.3 Å². The van der Waals surface area contributed by atoms with Crippen LogP contribution in [0.1, 0.15) is 30.1 Å². The molecular weight excluding hydrogens is 204 g/mol. The second-order valence-corrected chi connectivity index (χ2v) is 3.99. The first-order valence-electron chi connectivity index (χ1n) is 5.36. The van der Waals surface area contributed by atoms with E-state index in [0.29, 0.717) is 23.4 Å². The molecule has 0 unspecified atom stereocenters. The molecule has 4 heteroatoms. The van der Waals surface area contributed by atoms with Crippen molar-refractivity contribution in [3.05, 3.63) is 23.8 Å². The second kappa shape index (κ2) is 3.96. The molecule has 1 atom stereocenters. The zero-order valence-electron chi connectivity index (χ0n) is 9.12. The maximum absolute atomic E-state index is 12.0. The van der Waals surface area contributed by atoms with Crippen molar-refractivity contribution in [3.8, 4) is 0 Å². The van der Waals surface area contributed by atoms with Gasteiger partial charge >= 0.3 is 0 Å². The van der Waals surface area contributed by atoms with Crippen molar-refractivity contribution < 1.29 is 9.59 Å². The van der Waals surface area contributed by atoms with Crippen LogP contribution in [0.2, 0.25) is 0 Å². The Morgan fingerprint density at radius 3 is 2.88 bits per heavy atom. The first kappa shape index (κ1) is 10.7. The van der Waals surface area contributed by atoms with E-state index in [1.165, 1.54) is 0 Å². The first-order valence-corrected chi connectivity index (χ1v) is 5.36. The van der Waals surface area contributed by atoms with Gasteiger partial charge < -0.3 is 11.1 Å². The summed E-state index contributed by atoms with van der Waals surface area (Å²) < 4.78 is 0. The van der Waals surface area contributed by atoms with E-state index in [1.54, 1.807) is 18.2 Å². The maximum Gasteiger partial charge on any atom is 0.227 e. The van der Waals surface area contributed by atoms with Crippen LogP contribution in [0.5, 0.6) is 0 Å². The minimum absolute atomic E-state index is 0.0571. The molecule has 1 amide bonds. The van der Waals surface area contributed by atoms with Crippen LogP contribution in [0.15, 0.2) is 18.2 Å². The standard InChI is InChI=1S/C12H14N2O2/c1-2-7-6-10(15)11-8(13)4-3-5-9(11)14-12(7)16/h3-5,7H,2,6,13H2,1H3,(H,14,16)/t7-/m1/s1. The van der Waals surface area contributed by atoms with Gasteiger partial charge in [-0.2, -0.15) is 0 Å². The average Bonchev–Trinajstić information content (AvgIpc) is 2.36. The van der Waals surface area contributed by atoms with Gasteiger partial charge in [-0.1, -0.05) is 13.0 Å². The lowest BCUT2D eigenvalue weighted by atomic mass is 9.96. The van der Waals surface area contributed by atoms with Crippen LogP contribution in [-0.4, -0.2) is 11.7 Å². The van der Waals surface area contributed by atoms with Crippen LogP contribution in [0.4, 0.5) is 11.4 Å². The molecule has 84 valence electrons. The Morgan fingerprint density at radius 2 is 2.19 bits per heavy atom. The number of nitrogen functional groups attached to an aromatic ring is 1. The summed E-state index contributed by atoms with van der Waals surface area (Å²) in [6, 6.07) is 5.11. The third kappa shape index (κ3) is 1.66. The first-order chi connectivity index (χ1) is 7.63. The molecule has 0 saturated carbocycles. The lowest BCUT2D eigenvalue weighted by Crippen LogP contribution is -2.21. The number of hydrogen-bond acceptors (Lipinski definition) is 3. The highest BCUT2D eigenvalue weighted by molar-refractivity contribution is 6.12. The summed E-state index contributed by atoms with van der Waals surface area (Å²) in [5.41, 5.74) is 7.18. The predicted molar refractivity (Wildman–Crippen MR) is 62.2 cm³/mol. The van der Waals surface area contributed by atoms with Crippen molar-refractivity contribution in [2.45, 2.75) is 19.8 Å². The molecule has 0 saturated heterocycles. The number of rotatable bonds is 1. The highest BCUT2D eigenvalue weighted by Gasteiger charge is 2.28. The lowest BCUT2D eigenvalue weighted by Gasteiger charge is -2.08. The molecule has 0 fully saturated rings. The van der Waals surface area contributed by atoms with Crippen molar-refractivity contribution >= 4 is 23.1 Å². The molecule has 0 radical (unpaired) electrons. The number of benzene rings is 1. The minimum atomic E-state index is -0.251. The van der Waals surface area contributed by atoms with Crippen molar-refractivity contribution in [1.29, 1.82) is 0 Å². The van der Waals surface area contributed by atoms with Crippen LogP contribution in [0.25, 0.3) is 0 Å². The van der Waals surface area contributed by atoms with Gasteiger partial charge in [0.15, 0.2) is 5.78 Å². The van der Waals surface area contributed by atoms with Crippen molar-refractivity contribution in [1.82, 2.24) is 0 Å². The molecule has 0 aromatic heterocycles. The van der Waals surface area contributed by atoms with Crippen molar-refractivity contribution in [3.63, 3.8) is 0 Å². The Morgan fingerprint density at radius 1 is 1.44 bits per heavy atom. The minimum Gasteiger partial charge on any atom is -0.398 e. The molecule has 0 aliphatic carbocycles. The predicted octanol–water partition coefficient (Wildman–Crippen LogP) is 1.82. The van der Waals surface area contributed by atoms with Crippen LogP contribution in [-0.2, 0) is 4.79 Å². The summed E-state index contributed by atoms with van der Waals surface area (Å²) in [4.78, 5) is 23.7. The summed E-state index contributed by atoms with van der Waals surface area (Å²) in [5, 5.41) is 2.75. The number of anilines is 2. The molecule has 4 nitrogen and oxygen atoms in total. The van der Waals surface area contributed by atoms with E-state index >= 15 is 0 Å². The fourth-order valence-electron chi connectivity index (χ4n) is 1.97. The average molecular weight is 218 g/mol. The van der Waals surface area contributed by atoms with Crippen molar-refractivity contribution in [2.75, 3.05) is 11.1 Å². The van der Waals surface area contributed by atoms with Gasteiger partial charge in [0.1, 0.15) is 0 Å². The van der Waals surface area contributed by atoms with Gasteiger partial charge in [-0.05, 0) is 18.6 Å². The Kier molecular flexibility index (Phi) is 2.64. The van der Waals surface area contributed by atoms with Gasteiger partial charge in [-0.3, -0.25) is 9.59 Å². The molecule has 16 heavy (non-hydrogen) atoms. The van der Waals surface area contributed by atoms with Crippen LogP contribution < -0.4 is 11.1 Å². The number of carbonyl (C=O) groups is 2. The van der Waals surface area contributed by atoms with Crippen LogP contribution >= 0.6 is 0 Å². The van der Waals surface area contributed by atoms with E-state index in [9.17, 15) is 9.59 Å². The molecule has 0 bridgehead atoms. The molecule has 1 aliphatic rings. The number of hydrogen-bond donors (Lipinski definition) is 2. The highest BCUT2D eigenvalue weighted by atomic mass is 16.2. The Balaban J connectivity index is 2.49. The largest absolute Gasteiger partial charge is 0.398 e. The zero-order chi connectivity index (χ0) is 11.7. The molecule has 1 aromatic carbocycles. The number of Topliss-reactive ketones (excluding diaryl/α,β-unsaturated/α-hetero) is 1. The molecule has 1 aromatic rings. The highest BCUT2D eigenvalue weighted by Crippen LogP contribution is 2.29. The summed E-state index contributed by atoms with van der Waals surface area (Å²) in [7, 11) is 0. The number of nitrogens with one attached hydrogen (secondary N) is 1. The zero-order valence-corrected chi connectivity index (χ0v) is 9.12. The number of fused-ring (bicyclic) bond motifs is 1. The smallest absolute Gasteiger partial charge is 0.227 e. The summed E-state index contributed by atoms with van der Waals surface area (Å²) >= 11 is 0. The lowest BCUT2D eigenvalue weighted by molar-refractivity contribution is -0.119. The van der Waals surface area contributed by atoms with Crippen LogP contribution in [0.3, 0.4) is 0 Å². The number of amides is 1. The van der Waals surface area contributed by atoms with Gasteiger partial charge in [0.2, 0.25) is 5.91 Å². The normalized spacial score (nSPS) is 19.9. The third-order valence-corrected chi connectivity index (χ3v) is 2.93. The molecule has 1 aliphatic heterocycles. The molecule has 0 spiro atoms. The monoisotopic (exact) mass is 218 g/mol. The van der Waals surface area contributed by atoms with Crippen LogP contribution in [0, 0.1) is 5.92 Å². The van der Waals surface area contributed by atoms with Crippen molar-refractivity contribution in [2.24, 2.45) is 5.92 Å². The van der Waals surface area contributed by atoms with E-state index in [0.717, 1.165) is 0 Å². The summed E-state index contributed by atoms with van der Waals surface area (Å²) in [6.07, 6.45) is 0.898. The van der Waals surface area contributed by atoms with Gasteiger partial charge in [-0.15, -0.1) is 0 Å². The Bertz CT molecular complexity index is 454. The van der Waals surface area contributed by atoms with E-state index in [2.05, 4.69) is 5.32 Å². The fourth-order valence-corrected chi connectivity index (χ4v) is 1.97. The SMILES string of the molecule is CC[C@@H]1CC(=O)c2c(N)cccc2NC1=O. The second-order valence-electron chi connectivity index (χ2n) is 3.99. The summed E-state index contributed by atoms with van der Waals surface area (Å²) in [5.74, 6) is -0.405. The van der Waals surface area contributed by atoms with E-state index in [-0.39, 0.29) is 24.0 Å². The molecular formula is C12H14N2O2. The van der Waals surface area contributed by atoms with E-state index in [4.69, 9.17) is 5.73 Å². The molecule has 3 N–H and O–H groups in total. The quantitative estimate of drug-likeness (QED) is 0.706. The maximum atomic E-state index is 12.0. The third-order valence-electron chi connectivity index (χ3n) is 2.93. The number of nitrogens with two attached hydrogens (primary N) is 1. The fraction of sp³-hybridized carbons (Fsp3) is 0.333. The number of carbonyl (C=O) groups excluding carboxylic acids is 2. The van der Waals surface area contributed by atoms with Gasteiger partial charge in [0, 0.05) is 18.0 Å². The van der Waals surface area contributed by atoms with Gasteiger partial charge in [-0.25, -0.2) is 0 Å². The number of ketones is 1. The molecule has 1 heterocycles. The van der Waals surface area contributed by atoms with E-state index < -0.39 is 0 Å². The topological polar surface area (TPSA) is 72.2 Å².